The van der Waals surface area contributed by atoms with Crippen molar-refractivity contribution in [2.75, 3.05) is 16.8 Å². The van der Waals surface area contributed by atoms with Crippen molar-refractivity contribution in [3.8, 4) is 0 Å². The predicted molar refractivity (Wildman–Crippen MR) is 93.9 cm³/mol. The summed E-state index contributed by atoms with van der Waals surface area (Å²) in [7, 11) is 0. The summed E-state index contributed by atoms with van der Waals surface area (Å²) in [5.41, 5.74) is 1.00. The van der Waals surface area contributed by atoms with E-state index in [0.717, 1.165) is 17.7 Å². The first-order chi connectivity index (χ1) is 12.2. The van der Waals surface area contributed by atoms with E-state index in [2.05, 4.69) is 5.32 Å². The van der Waals surface area contributed by atoms with Crippen LogP contribution in [0.2, 0.25) is 0 Å². The maximum atomic E-state index is 12.6. The summed E-state index contributed by atoms with van der Waals surface area (Å²) in [5.74, 6) is -0.792. The number of alkyl halides is 3. The Morgan fingerprint density at radius 3 is 2.19 bits per heavy atom. The molecule has 0 aliphatic rings. The molecule has 0 saturated carbocycles. The van der Waals surface area contributed by atoms with Gasteiger partial charge in [-0.1, -0.05) is 25.1 Å². The third-order valence-corrected chi connectivity index (χ3v) is 3.84. The van der Waals surface area contributed by atoms with E-state index < -0.39 is 17.6 Å². The third kappa shape index (κ3) is 4.84. The average molecular weight is 364 g/mol. The number of anilines is 2. The number of hydrogen-bond donors (Lipinski definition) is 1. The molecule has 0 bridgehead atoms. The number of carbonyl (C=O) groups excluding carboxylic acids is 2. The monoisotopic (exact) mass is 364 g/mol. The smallest absolute Gasteiger partial charge is 0.325 e. The number of carbonyl (C=O) groups is 2. The minimum absolute atomic E-state index is 0.229. The fourth-order valence-corrected chi connectivity index (χ4v) is 2.53. The quantitative estimate of drug-likeness (QED) is 0.862. The highest BCUT2D eigenvalue weighted by Gasteiger charge is 2.30. The highest BCUT2D eigenvalue weighted by molar-refractivity contribution is 6.02. The molecule has 0 unspecified atom stereocenters. The SMILES string of the molecule is CCc1ccccc1N(CC(=O)Nc1ccc(C(F)(F)F)cc1)C(C)=O. The van der Waals surface area contributed by atoms with Crippen LogP contribution in [0.15, 0.2) is 48.5 Å². The van der Waals surface area contributed by atoms with Gasteiger partial charge in [-0.25, -0.2) is 0 Å². The minimum atomic E-state index is -4.43. The van der Waals surface area contributed by atoms with Gasteiger partial charge in [-0.3, -0.25) is 9.59 Å². The predicted octanol–water partition coefficient (Wildman–Crippen LogP) is 4.26. The first-order valence-electron chi connectivity index (χ1n) is 8.05. The summed E-state index contributed by atoms with van der Waals surface area (Å²) < 4.78 is 37.7. The molecule has 0 aromatic heterocycles. The molecular weight excluding hydrogens is 345 g/mol. The lowest BCUT2D eigenvalue weighted by atomic mass is 10.1. The molecule has 0 saturated heterocycles. The Morgan fingerprint density at radius 1 is 1.04 bits per heavy atom. The van der Waals surface area contributed by atoms with Crippen LogP contribution < -0.4 is 10.2 Å². The molecule has 4 nitrogen and oxygen atoms in total. The molecule has 0 spiro atoms. The van der Waals surface area contributed by atoms with Crippen LogP contribution in [0, 0.1) is 0 Å². The van der Waals surface area contributed by atoms with E-state index in [-0.39, 0.29) is 18.1 Å². The van der Waals surface area contributed by atoms with Crippen molar-refractivity contribution in [2.45, 2.75) is 26.4 Å². The summed E-state index contributed by atoms with van der Waals surface area (Å²) in [6.45, 7) is 3.07. The van der Waals surface area contributed by atoms with Crippen molar-refractivity contribution in [2.24, 2.45) is 0 Å². The number of amides is 2. The van der Waals surface area contributed by atoms with Gasteiger partial charge < -0.3 is 10.2 Å². The zero-order valence-electron chi connectivity index (χ0n) is 14.4. The fourth-order valence-electron chi connectivity index (χ4n) is 2.53. The van der Waals surface area contributed by atoms with Crippen molar-refractivity contribution in [3.63, 3.8) is 0 Å². The lowest BCUT2D eigenvalue weighted by molar-refractivity contribution is -0.137. The maximum Gasteiger partial charge on any atom is 0.416 e. The molecule has 138 valence electrons. The van der Waals surface area contributed by atoms with Gasteiger partial charge in [0.25, 0.3) is 0 Å². The van der Waals surface area contributed by atoms with Crippen LogP contribution in [-0.4, -0.2) is 18.4 Å². The van der Waals surface area contributed by atoms with Gasteiger partial charge in [0.15, 0.2) is 0 Å². The molecule has 0 aliphatic carbocycles. The highest BCUT2D eigenvalue weighted by Crippen LogP contribution is 2.29. The molecular formula is C19H19F3N2O2. The molecule has 2 rings (SSSR count). The van der Waals surface area contributed by atoms with Crippen molar-refractivity contribution >= 4 is 23.2 Å². The van der Waals surface area contributed by atoms with Gasteiger partial charge in [0, 0.05) is 18.3 Å². The summed E-state index contributed by atoms with van der Waals surface area (Å²) in [5, 5.41) is 2.51. The lowest BCUT2D eigenvalue weighted by Gasteiger charge is -2.23. The van der Waals surface area contributed by atoms with Crippen LogP contribution >= 0.6 is 0 Å². The van der Waals surface area contributed by atoms with Crippen LogP contribution in [0.1, 0.15) is 25.0 Å². The second-order valence-corrected chi connectivity index (χ2v) is 5.71. The normalized spacial score (nSPS) is 11.1. The highest BCUT2D eigenvalue weighted by atomic mass is 19.4. The average Bonchev–Trinajstić information content (AvgIpc) is 2.59. The van der Waals surface area contributed by atoms with Crippen LogP contribution in [0.5, 0.6) is 0 Å². The molecule has 0 atom stereocenters. The summed E-state index contributed by atoms with van der Waals surface area (Å²) in [6, 6.07) is 11.4. The first kappa shape index (κ1) is 19.5. The van der Waals surface area contributed by atoms with E-state index in [1.165, 1.54) is 24.0 Å². The van der Waals surface area contributed by atoms with Crippen molar-refractivity contribution in [1.29, 1.82) is 0 Å². The molecule has 0 radical (unpaired) electrons. The molecule has 7 heteroatoms. The van der Waals surface area contributed by atoms with Gasteiger partial charge in [-0.15, -0.1) is 0 Å². The van der Waals surface area contributed by atoms with E-state index in [9.17, 15) is 22.8 Å². The van der Waals surface area contributed by atoms with Gasteiger partial charge in [0.05, 0.1) is 5.56 Å². The van der Waals surface area contributed by atoms with Crippen LogP contribution in [0.25, 0.3) is 0 Å². The van der Waals surface area contributed by atoms with Crippen LogP contribution in [-0.2, 0) is 22.2 Å². The zero-order chi connectivity index (χ0) is 19.3. The largest absolute Gasteiger partial charge is 0.416 e. The number of nitrogens with one attached hydrogen (secondary N) is 1. The second-order valence-electron chi connectivity index (χ2n) is 5.71. The van der Waals surface area contributed by atoms with Crippen molar-refractivity contribution < 1.29 is 22.8 Å². The zero-order valence-corrected chi connectivity index (χ0v) is 14.4. The lowest BCUT2D eigenvalue weighted by Crippen LogP contribution is -2.37. The van der Waals surface area contributed by atoms with E-state index >= 15 is 0 Å². The number of benzene rings is 2. The van der Waals surface area contributed by atoms with Gasteiger partial charge in [-0.2, -0.15) is 13.2 Å². The standard InChI is InChI=1S/C19H19F3N2O2/c1-3-14-6-4-5-7-17(14)24(13(2)25)12-18(26)23-16-10-8-15(9-11-16)19(20,21)22/h4-11H,3,12H2,1-2H3,(H,23,26). The summed E-state index contributed by atoms with van der Waals surface area (Å²) in [4.78, 5) is 25.6. The second kappa shape index (κ2) is 8.03. The third-order valence-electron chi connectivity index (χ3n) is 3.84. The van der Waals surface area contributed by atoms with Crippen LogP contribution in [0.4, 0.5) is 24.5 Å². The number of para-hydroxylation sites is 1. The molecule has 2 amide bonds. The Kier molecular flexibility index (Phi) is 6.02. The van der Waals surface area contributed by atoms with Crippen molar-refractivity contribution in [3.05, 3.63) is 59.7 Å². The molecule has 0 aliphatic heterocycles. The van der Waals surface area contributed by atoms with Crippen LogP contribution in [0.3, 0.4) is 0 Å². The van der Waals surface area contributed by atoms with Gasteiger partial charge in [0.1, 0.15) is 6.54 Å². The minimum Gasteiger partial charge on any atom is -0.325 e. The molecule has 0 heterocycles. The van der Waals surface area contributed by atoms with E-state index in [1.54, 1.807) is 12.1 Å². The van der Waals surface area contributed by atoms with E-state index in [1.807, 2.05) is 19.1 Å². The summed E-state index contributed by atoms with van der Waals surface area (Å²) in [6.07, 6.45) is -3.74. The van der Waals surface area contributed by atoms with E-state index in [0.29, 0.717) is 12.1 Å². The fraction of sp³-hybridized carbons (Fsp3) is 0.263. The Morgan fingerprint density at radius 2 is 1.65 bits per heavy atom. The number of nitrogens with zero attached hydrogens (tertiary/aromatic N) is 1. The number of halogens is 3. The number of aryl methyl sites for hydroxylation is 1. The Labute approximate surface area is 149 Å². The molecule has 26 heavy (non-hydrogen) atoms. The number of rotatable bonds is 5. The molecule has 2 aromatic rings. The topological polar surface area (TPSA) is 49.4 Å². The summed E-state index contributed by atoms with van der Waals surface area (Å²) >= 11 is 0. The Hall–Kier alpha value is -2.83. The molecule has 1 N–H and O–H groups in total. The first-order valence-corrected chi connectivity index (χ1v) is 8.05. The van der Waals surface area contributed by atoms with Gasteiger partial charge >= 0.3 is 6.18 Å². The number of hydrogen-bond acceptors (Lipinski definition) is 2. The van der Waals surface area contributed by atoms with E-state index in [4.69, 9.17) is 0 Å². The molecule has 2 aromatic carbocycles. The van der Waals surface area contributed by atoms with Crippen molar-refractivity contribution in [1.82, 2.24) is 0 Å². The Bertz CT molecular complexity index is 786. The van der Waals surface area contributed by atoms with Gasteiger partial charge in [-0.05, 0) is 42.3 Å². The maximum absolute atomic E-state index is 12.6. The van der Waals surface area contributed by atoms with Gasteiger partial charge in [0.2, 0.25) is 11.8 Å². The molecule has 0 fully saturated rings. The Balaban J connectivity index is 2.12.